The zero-order valence-electron chi connectivity index (χ0n) is 11.9. The van der Waals surface area contributed by atoms with Gasteiger partial charge in [-0.3, -0.25) is 4.98 Å². The molecule has 21 heavy (non-hydrogen) atoms. The molecular weight excluding hydrogens is 279 g/mol. The van der Waals surface area contributed by atoms with Gasteiger partial charge >= 0.3 is 6.18 Å². The third-order valence-electron chi connectivity index (χ3n) is 4.07. The minimum absolute atomic E-state index is 0.128. The van der Waals surface area contributed by atoms with Gasteiger partial charge < -0.3 is 0 Å². The van der Waals surface area contributed by atoms with Crippen LogP contribution in [0.1, 0.15) is 36.8 Å². The fourth-order valence-corrected chi connectivity index (χ4v) is 2.52. The Labute approximate surface area is 120 Å². The summed E-state index contributed by atoms with van der Waals surface area (Å²) in [6, 6.07) is 5.23. The number of pyridine rings is 1. The van der Waals surface area contributed by atoms with Crippen LogP contribution in [0, 0.1) is 6.92 Å². The second-order valence-corrected chi connectivity index (χ2v) is 5.52. The van der Waals surface area contributed by atoms with E-state index in [1.54, 1.807) is 16.9 Å². The molecule has 0 aromatic carbocycles. The van der Waals surface area contributed by atoms with Crippen molar-refractivity contribution >= 4 is 0 Å². The van der Waals surface area contributed by atoms with Crippen molar-refractivity contribution < 1.29 is 13.2 Å². The highest BCUT2D eigenvalue weighted by atomic mass is 19.4. The Morgan fingerprint density at radius 1 is 1.29 bits per heavy atom. The van der Waals surface area contributed by atoms with E-state index in [1.165, 1.54) is 0 Å². The predicted octanol–water partition coefficient (Wildman–Crippen LogP) is 3.73. The number of halogens is 3. The first kappa shape index (κ1) is 14.1. The van der Waals surface area contributed by atoms with E-state index in [2.05, 4.69) is 10.1 Å². The van der Waals surface area contributed by atoms with Crippen molar-refractivity contribution in [3.8, 4) is 5.69 Å². The Balaban J connectivity index is 2.06. The molecule has 0 unspecified atom stereocenters. The van der Waals surface area contributed by atoms with E-state index >= 15 is 0 Å². The van der Waals surface area contributed by atoms with Crippen molar-refractivity contribution in [1.29, 1.82) is 0 Å². The Morgan fingerprint density at radius 2 is 2.00 bits per heavy atom. The standard InChI is InChI=1S/C15H16F3N3/c1-3-11-8-13(14(6-7-14)15(16,17)18)20-21(11)12-5-4-10(2)19-9-12/h4-5,8-9H,3,6-7H2,1-2H3. The lowest BCUT2D eigenvalue weighted by Gasteiger charge is -2.16. The number of aromatic nitrogens is 3. The number of rotatable bonds is 3. The molecule has 3 rings (SSSR count). The maximum atomic E-state index is 13.2. The van der Waals surface area contributed by atoms with Crippen molar-refractivity contribution in [2.45, 2.75) is 44.7 Å². The molecule has 112 valence electrons. The molecule has 1 saturated carbocycles. The Bertz CT molecular complexity index is 652. The van der Waals surface area contributed by atoms with Crippen molar-refractivity contribution in [3.63, 3.8) is 0 Å². The van der Waals surface area contributed by atoms with E-state index in [4.69, 9.17) is 0 Å². The molecule has 1 aliphatic carbocycles. The van der Waals surface area contributed by atoms with E-state index in [0.717, 1.165) is 11.4 Å². The average Bonchev–Trinajstić information content (AvgIpc) is 3.14. The molecule has 2 aromatic heterocycles. The first-order valence-corrected chi connectivity index (χ1v) is 6.96. The van der Waals surface area contributed by atoms with Gasteiger partial charge in [-0.25, -0.2) is 4.68 Å². The smallest absolute Gasteiger partial charge is 0.259 e. The SMILES string of the molecule is CCc1cc(C2(C(F)(F)F)CC2)nn1-c1ccc(C)nc1. The summed E-state index contributed by atoms with van der Waals surface area (Å²) in [4.78, 5) is 4.18. The van der Waals surface area contributed by atoms with Crippen LogP contribution in [-0.2, 0) is 11.8 Å². The van der Waals surface area contributed by atoms with Crippen molar-refractivity contribution in [3.05, 3.63) is 41.5 Å². The van der Waals surface area contributed by atoms with Crippen LogP contribution in [0.15, 0.2) is 24.4 Å². The normalized spacial score (nSPS) is 17.0. The molecule has 6 heteroatoms. The first-order valence-electron chi connectivity index (χ1n) is 6.96. The maximum absolute atomic E-state index is 13.2. The van der Waals surface area contributed by atoms with E-state index in [1.807, 2.05) is 26.0 Å². The lowest BCUT2D eigenvalue weighted by atomic mass is 10.0. The molecule has 0 aliphatic heterocycles. The highest BCUT2D eigenvalue weighted by Gasteiger charge is 2.65. The van der Waals surface area contributed by atoms with Crippen molar-refractivity contribution in [2.24, 2.45) is 0 Å². The molecule has 2 heterocycles. The summed E-state index contributed by atoms with van der Waals surface area (Å²) in [5.41, 5.74) is 0.721. The zero-order valence-corrected chi connectivity index (χ0v) is 11.9. The maximum Gasteiger partial charge on any atom is 0.400 e. The fraction of sp³-hybridized carbons (Fsp3) is 0.467. The van der Waals surface area contributed by atoms with Crippen LogP contribution in [0.25, 0.3) is 5.69 Å². The van der Waals surface area contributed by atoms with Crippen molar-refractivity contribution in [2.75, 3.05) is 0 Å². The first-order chi connectivity index (χ1) is 9.87. The molecule has 0 spiro atoms. The molecule has 3 nitrogen and oxygen atoms in total. The Kier molecular flexibility index (Phi) is 3.07. The number of hydrogen-bond donors (Lipinski definition) is 0. The van der Waals surface area contributed by atoms with Gasteiger partial charge in [-0.05, 0) is 44.4 Å². The largest absolute Gasteiger partial charge is 0.400 e. The van der Waals surface area contributed by atoms with Crippen LogP contribution in [0.4, 0.5) is 13.2 Å². The molecule has 1 fully saturated rings. The van der Waals surface area contributed by atoms with Crippen LogP contribution in [0.3, 0.4) is 0 Å². The van der Waals surface area contributed by atoms with Gasteiger partial charge in [0.05, 0.1) is 17.6 Å². The molecule has 0 radical (unpaired) electrons. The van der Waals surface area contributed by atoms with Crippen LogP contribution in [-0.4, -0.2) is 20.9 Å². The summed E-state index contributed by atoms with van der Waals surface area (Å²) in [6.07, 6.45) is -1.72. The van der Waals surface area contributed by atoms with Crippen LogP contribution in [0.5, 0.6) is 0 Å². The summed E-state index contributed by atoms with van der Waals surface area (Å²) in [5, 5.41) is 4.24. The third-order valence-corrected chi connectivity index (χ3v) is 4.07. The van der Waals surface area contributed by atoms with Gasteiger partial charge in [-0.2, -0.15) is 18.3 Å². The summed E-state index contributed by atoms with van der Waals surface area (Å²) in [5.74, 6) is 0. The van der Waals surface area contributed by atoms with Crippen LogP contribution in [0.2, 0.25) is 0 Å². The average molecular weight is 295 g/mol. The number of alkyl halides is 3. The van der Waals surface area contributed by atoms with E-state index in [-0.39, 0.29) is 18.5 Å². The Morgan fingerprint density at radius 3 is 2.48 bits per heavy atom. The van der Waals surface area contributed by atoms with Gasteiger partial charge in [-0.1, -0.05) is 6.92 Å². The zero-order chi connectivity index (χ0) is 15.3. The minimum Gasteiger partial charge on any atom is -0.259 e. The van der Waals surface area contributed by atoms with Gasteiger partial charge in [0.25, 0.3) is 0 Å². The van der Waals surface area contributed by atoms with Gasteiger partial charge in [0.1, 0.15) is 5.41 Å². The fourth-order valence-electron chi connectivity index (χ4n) is 2.52. The molecule has 0 atom stereocenters. The predicted molar refractivity (Wildman–Crippen MR) is 72.4 cm³/mol. The van der Waals surface area contributed by atoms with E-state index in [9.17, 15) is 13.2 Å². The monoisotopic (exact) mass is 295 g/mol. The van der Waals surface area contributed by atoms with Gasteiger partial charge in [0.15, 0.2) is 0 Å². The molecular formula is C15H16F3N3. The second-order valence-electron chi connectivity index (χ2n) is 5.52. The molecule has 0 bridgehead atoms. The van der Waals surface area contributed by atoms with Crippen molar-refractivity contribution in [1.82, 2.24) is 14.8 Å². The summed E-state index contributed by atoms with van der Waals surface area (Å²) < 4.78 is 41.2. The third kappa shape index (κ3) is 2.22. The van der Waals surface area contributed by atoms with Crippen LogP contribution < -0.4 is 0 Å². The Hall–Kier alpha value is -1.85. The molecule has 0 saturated heterocycles. The quantitative estimate of drug-likeness (QED) is 0.863. The van der Waals surface area contributed by atoms with Gasteiger partial charge in [-0.15, -0.1) is 0 Å². The lowest BCUT2D eigenvalue weighted by Crippen LogP contribution is -2.29. The summed E-state index contributed by atoms with van der Waals surface area (Å²) >= 11 is 0. The number of nitrogens with zero attached hydrogens (tertiary/aromatic N) is 3. The second kappa shape index (κ2) is 4.58. The topological polar surface area (TPSA) is 30.7 Å². The van der Waals surface area contributed by atoms with Gasteiger partial charge in [0.2, 0.25) is 0 Å². The van der Waals surface area contributed by atoms with Crippen LogP contribution >= 0.6 is 0 Å². The molecule has 2 aromatic rings. The minimum atomic E-state index is -4.23. The van der Waals surface area contributed by atoms with E-state index in [0.29, 0.717) is 12.1 Å². The number of hydrogen-bond acceptors (Lipinski definition) is 2. The molecule has 0 amide bonds. The number of aryl methyl sites for hydroxylation is 2. The summed E-state index contributed by atoms with van der Waals surface area (Å²) in [7, 11) is 0. The summed E-state index contributed by atoms with van der Waals surface area (Å²) in [6.45, 7) is 3.77. The highest BCUT2D eigenvalue weighted by molar-refractivity contribution is 5.36. The van der Waals surface area contributed by atoms with Gasteiger partial charge in [0, 0.05) is 11.4 Å². The molecule has 0 N–H and O–H groups in total. The lowest BCUT2D eigenvalue weighted by molar-refractivity contribution is -0.161. The highest BCUT2D eigenvalue weighted by Crippen LogP contribution is 2.58. The van der Waals surface area contributed by atoms with E-state index < -0.39 is 11.6 Å². The molecule has 1 aliphatic rings.